The number of halogens is 1. The number of anilines is 1. The van der Waals surface area contributed by atoms with E-state index in [1.54, 1.807) is 0 Å². The molecule has 18 heavy (non-hydrogen) atoms. The van der Waals surface area contributed by atoms with Crippen LogP contribution in [0.15, 0.2) is 28.7 Å². The van der Waals surface area contributed by atoms with Crippen molar-refractivity contribution in [2.75, 3.05) is 18.4 Å². The second-order valence-electron chi connectivity index (χ2n) is 5.32. The molecule has 0 heterocycles. The van der Waals surface area contributed by atoms with Crippen molar-refractivity contribution < 1.29 is 4.79 Å². The molecule has 0 aromatic heterocycles. The molecule has 0 saturated heterocycles. The molecule has 3 nitrogen and oxygen atoms in total. The van der Waals surface area contributed by atoms with E-state index in [1.165, 1.54) is 19.3 Å². The van der Waals surface area contributed by atoms with E-state index in [2.05, 4.69) is 33.5 Å². The van der Waals surface area contributed by atoms with Crippen molar-refractivity contribution in [3.63, 3.8) is 0 Å². The first-order chi connectivity index (χ1) is 8.57. The Kier molecular flexibility index (Phi) is 4.40. The Hall–Kier alpha value is -0.870. The summed E-state index contributed by atoms with van der Waals surface area (Å²) in [6, 6.07) is 7.60. The Morgan fingerprint density at radius 1 is 1.33 bits per heavy atom. The van der Waals surface area contributed by atoms with Gasteiger partial charge in [-0.25, -0.2) is 0 Å². The van der Waals surface area contributed by atoms with Gasteiger partial charge in [-0.1, -0.05) is 29.3 Å². The number of hydrogen-bond acceptors (Lipinski definition) is 2. The van der Waals surface area contributed by atoms with Crippen LogP contribution in [0.5, 0.6) is 0 Å². The minimum atomic E-state index is 0.0141. The third kappa shape index (κ3) is 3.82. The summed E-state index contributed by atoms with van der Waals surface area (Å²) in [6.45, 7) is 3.59. The van der Waals surface area contributed by atoms with Crippen molar-refractivity contribution in [1.82, 2.24) is 5.32 Å². The van der Waals surface area contributed by atoms with Crippen LogP contribution in [0.4, 0.5) is 5.69 Å². The van der Waals surface area contributed by atoms with Gasteiger partial charge >= 0.3 is 0 Å². The lowest BCUT2D eigenvalue weighted by Crippen LogP contribution is -2.40. The topological polar surface area (TPSA) is 41.1 Å². The largest absolute Gasteiger partial charge is 0.325 e. The minimum Gasteiger partial charge on any atom is -0.325 e. The first-order valence-electron chi connectivity index (χ1n) is 6.34. The Morgan fingerprint density at radius 2 is 2.00 bits per heavy atom. The van der Waals surface area contributed by atoms with Crippen molar-refractivity contribution in [1.29, 1.82) is 0 Å². The third-order valence-electron chi connectivity index (χ3n) is 3.53. The zero-order valence-electron chi connectivity index (χ0n) is 10.6. The molecule has 98 valence electrons. The van der Waals surface area contributed by atoms with Crippen LogP contribution < -0.4 is 10.6 Å². The van der Waals surface area contributed by atoms with Crippen LogP contribution in [0, 0.1) is 5.41 Å². The monoisotopic (exact) mass is 310 g/mol. The van der Waals surface area contributed by atoms with Gasteiger partial charge in [0.15, 0.2) is 0 Å². The van der Waals surface area contributed by atoms with Crippen LogP contribution in [-0.4, -0.2) is 19.0 Å². The lowest BCUT2D eigenvalue weighted by molar-refractivity contribution is -0.115. The highest BCUT2D eigenvalue weighted by Gasteiger charge is 2.31. The molecule has 2 N–H and O–H groups in total. The predicted octanol–water partition coefficient (Wildman–Crippen LogP) is 3.17. The molecule has 1 amide bonds. The fourth-order valence-electron chi connectivity index (χ4n) is 2.17. The maximum absolute atomic E-state index is 11.7. The first kappa shape index (κ1) is 13.6. The van der Waals surface area contributed by atoms with Gasteiger partial charge in [-0.2, -0.15) is 0 Å². The van der Waals surface area contributed by atoms with Crippen LogP contribution in [0.3, 0.4) is 0 Å². The molecule has 1 saturated carbocycles. The van der Waals surface area contributed by atoms with Crippen molar-refractivity contribution in [2.24, 2.45) is 5.41 Å². The lowest BCUT2D eigenvalue weighted by atomic mass is 9.70. The maximum Gasteiger partial charge on any atom is 0.238 e. The van der Waals surface area contributed by atoms with E-state index in [9.17, 15) is 4.79 Å². The summed E-state index contributed by atoms with van der Waals surface area (Å²) in [7, 11) is 0. The van der Waals surface area contributed by atoms with Crippen molar-refractivity contribution in [2.45, 2.75) is 26.2 Å². The zero-order valence-corrected chi connectivity index (χ0v) is 12.2. The molecule has 1 aromatic carbocycles. The van der Waals surface area contributed by atoms with E-state index < -0.39 is 0 Å². The zero-order chi connectivity index (χ0) is 13.0. The van der Waals surface area contributed by atoms with Gasteiger partial charge in [0.1, 0.15) is 0 Å². The third-order valence-corrected chi connectivity index (χ3v) is 4.05. The standard InChI is InChI=1S/C14H19BrN2O/c1-14(7-2-8-14)10-16-9-13(18)17-12-5-3-11(15)4-6-12/h3-6,16H,2,7-10H2,1H3,(H,17,18). The molecule has 0 bridgehead atoms. The van der Waals surface area contributed by atoms with E-state index in [0.29, 0.717) is 12.0 Å². The molecular weight excluding hydrogens is 292 g/mol. The molecule has 0 unspecified atom stereocenters. The molecule has 1 aliphatic rings. The average molecular weight is 311 g/mol. The number of nitrogens with one attached hydrogen (secondary N) is 2. The second-order valence-corrected chi connectivity index (χ2v) is 6.24. The lowest BCUT2D eigenvalue weighted by Gasteiger charge is -2.38. The number of carbonyl (C=O) groups excluding carboxylic acids is 1. The Balaban J connectivity index is 1.70. The second kappa shape index (κ2) is 5.85. The van der Waals surface area contributed by atoms with Gasteiger partial charge in [0, 0.05) is 16.7 Å². The van der Waals surface area contributed by atoms with Crippen LogP contribution in [-0.2, 0) is 4.79 Å². The Morgan fingerprint density at radius 3 is 2.56 bits per heavy atom. The van der Waals surface area contributed by atoms with Crippen LogP contribution in [0.25, 0.3) is 0 Å². The van der Waals surface area contributed by atoms with Gasteiger partial charge in [-0.3, -0.25) is 4.79 Å². The fourth-order valence-corrected chi connectivity index (χ4v) is 2.44. The molecular formula is C14H19BrN2O. The number of rotatable bonds is 5. The highest BCUT2D eigenvalue weighted by atomic mass is 79.9. The SMILES string of the molecule is CC1(CNCC(=O)Nc2ccc(Br)cc2)CCC1. The van der Waals surface area contributed by atoms with Gasteiger partial charge in [-0.15, -0.1) is 0 Å². The van der Waals surface area contributed by atoms with Crippen LogP contribution in [0.2, 0.25) is 0 Å². The normalized spacial score (nSPS) is 17.0. The molecule has 0 atom stereocenters. The predicted molar refractivity (Wildman–Crippen MR) is 77.6 cm³/mol. The molecule has 2 rings (SSSR count). The van der Waals surface area contributed by atoms with Crippen LogP contribution in [0.1, 0.15) is 26.2 Å². The summed E-state index contributed by atoms with van der Waals surface area (Å²) < 4.78 is 1.01. The first-order valence-corrected chi connectivity index (χ1v) is 7.13. The summed E-state index contributed by atoms with van der Waals surface area (Å²) in [6.07, 6.45) is 3.87. The molecule has 4 heteroatoms. The molecule has 0 aliphatic heterocycles. The van der Waals surface area contributed by atoms with Crippen molar-refractivity contribution >= 4 is 27.5 Å². The summed E-state index contributed by atoms with van der Waals surface area (Å²) in [5.74, 6) is 0.0141. The Bertz CT molecular complexity index is 412. The van der Waals surface area contributed by atoms with E-state index >= 15 is 0 Å². The molecule has 1 fully saturated rings. The van der Waals surface area contributed by atoms with Gasteiger partial charge in [0.25, 0.3) is 0 Å². The molecule has 0 spiro atoms. The quantitative estimate of drug-likeness (QED) is 0.877. The van der Waals surface area contributed by atoms with Gasteiger partial charge < -0.3 is 10.6 Å². The fraction of sp³-hybridized carbons (Fsp3) is 0.500. The summed E-state index contributed by atoms with van der Waals surface area (Å²) >= 11 is 3.36. The van der Waals surface area contributed by atoms with E-state index in [4.69, 9.17) is 0 Å². The maximum atomic E-state index is 11.7. The summed E-state index contributed by atoms with van der Waals surface area (Å²) in [5.41, 5.74) is 1.25. The number of carbonyl (C=O) groups is 1. The Labute approximate surface area is 116 Å². The summed E-state index contributed by atoms with van der Waals surface area (Å²) in [5, 5.41) is 6.11. The van der Waals surface area contributed by atoms with E-state index in [0.717, 1.165) is 16.7 Å². The minimum absolute atomic E-state index is 0.0141. The van der Waals surface area contributed by atoms with Crippen molar-refractivity contribution in [3.8, 4) is 0 Å². The van der Waals surface area contributed by atoms with Crippen molar-refractivity contribution in [3.05, 3.63) is 28.7 Å². The highest BCUT2D eigenvalue weighted by molar-refractivity contribution is 9.10. The average Bonchev–Trinajstić information content (AvgIpc) is 2.30. The van der Waals surface area contributed by atoms with E-state index in [1.807, 2.05) is 24.3 Å². The molecule has 1 aromatic rings. The van der Waals surface area contributed by atoms with E-state index in [-0.39, 0.29) is 5.91 Å². The molecule has 0 radical (unpaired) electrons. The molecule has 1 aliphatic carbocycles. The van der Waals surface area contributed by atoms with Gasteiger partial charge in [-0.05, 0) is 42.5 Å². The number of amides is 1. The smallest absolute Gasteiger partial charge is 0.238 e. The van der Waals surface area contributed by atoms with Crippen LogP contribution >= 0.6 is 15.9 Å². The number of hydrogen-bond donors (Lipinski definition) is 2. The van der Waals surface area contributed by atoms with Gasteiger partial charge in [0.05, 0.1) is 6.54 Å². The summed E-state index contributed by atoms with van der Waals surface area (Å²) in [4.78, 5) is 11.7. The number of benzene rings is 1. The van der Waals surface area contributed by atoms with Gasteiger partial charge in [0.2, 0.25) is 5.91 Å². The highest BCUT2D eigenvalue weighted by Crippen LogP contribution is 2.39.